The summed E-state index contributed by atoms with van der Waals surface area (Å²) in [4.78, 5) is 21.3. The summed E-state index contributed by atoms with van der Waals surface area (Å²) in [5, 5.41) is 2.77. The Labute approximate surface area is 185 Å². The van der Waals surface area contributed by atoms with Crippen molar-refractivity contribution >= 4 is 22.0 Å². The lowest BCUT2D eigenvalue weighted by atomic mass is 9.90. The number of nitrogens with one attached hydrogen (secondary N) is 1. The van der Waals surface area contributed by atoms with Gasteiger partial charge in [-0.1, -0.05) is 36.2 Å². The number of sulfonamides is 1. The first-order valence-corrected chi connectivity index (χ1v) is 12.7. The first-order chi connectivity index (χ1) is 15.0. The van der Waals surface area contributed by atoms with Crippen LogP contribution in [0.15, 0.2) is 30.6 Å². The second-order valence-electron chi connectivity index (χ2n) is 7.80. The van der Waals surface area contributed by atoms with Gasteiger partial charge in [-0.2, -0.15) is 0 Å². The number of hydrogen-bond acceptors (Lipinski definition) is 5. The Hall–Kier alpha value is -1.84. The molecular weight excluding hydrogens is 421 g/mol. The molecule has 0 atom stereocenters. The van der Waals surface area contributed by atoms with Gasteiger partial charge < -0.3 is 5.32 Å². The summed E-state index contributed by atoms with van der Waals surface area (Å²) in [5.74, 6) is 0.0515. The van der Waals surface area contributed by atoms with Crippen LogP contribution in [-0.4, -0.2) is 55.9 Å². The SMILES string of the molecule is O=C(/C=C/c1cccnc1)NCCCCCS(=O)(=O)N(CCF)OCC1CCCCC1. The molecule has 1 N–H and O–H groups in total. The molecule has 31 heavy (non-hydrogen) atoms. The molecule has 9 heteroatoms. The van der Waals surface area contributed by atoms with E-state index in [2.05, 4.69) is 10.3 Å². The van der Waals surface area contributed by atoms with Crippen LogP contribution in [0, 0.1) is 5.92 Å². The normalized spacial score (nSPS) is 15.5. The molecule has 0 aromatic carbocycles. The van der Waals surface area contributed by atoms with Gasteiger partial charge in [0, 0.05) is 25.0 Å². The first kappa shape index (κ1) is 25.4. The van der Waals surface area contributed by atoms with Crippen molar-refractivity contribution < 1.29 is 22.4 Å². The number of carbonyl (C=O) groups is 1. The molecule has 0 spiro atoms. The van der Waals surface area contributed by atoms with E-state index in [0.717, 1.165) is 35.7 Å². The molecule has 0 bridgehead atoms. The fourth-order valence-electron chi connectivity index (χ4n) is 3.50. The zero-order chi connectivity index (χ0) is 22.4. The van der Waals surface area contributed by atoms with Crippen LogP contribution in [0.2, 0.25) is 0 Å². The lowest BCUT2D eigenvalue weighted by Gasteiger charge is -2.25. The van der Waals surface area contributed by atoms with Crippen molar-refractivity contribution in [3.63, 3.8) is 0 Å². The number of pyridine rings is 1. The lowest BCUT2D eigenvalue weighted by Crippen LogP contribution is -2.36. The van der Waals surface area contributed by atoms with Crippen LogP contribution < -0.4 is 5.32 Å². The van der Waals surface area contributed by atoms with E-state index >= 15 is 0 Å². The number of unbranched alkanes of at least 4 members (excludes halogenated alkanes) is 2. The predicted octanol–water partition coefficient (Wildman–Crippen LogP) is 3.49. The summed E-state index contributed by atoms with van der Waals surface area (Å²) in [5.41, 5.74) is 0.839. The highest BCUT2D eigenvalue weighted by atomic mass is 32.2. The maximum absolute atomic E-state index is 12.8. The smallest absolute Gasteiger partial charge is 0.243 e. The van der Waals surface area contributed by atoms with E-state index in [1.807, 2.05) is 6.07 Å². The zero-order valence-corrected chi connectivity index (χ0v) is 18.9. The molecule has 1 amide bonds. The van der Waals surface area contributed by atoms with Crippen molar-refractivity contribution in [3.05, 3.63) is 36.2 Å². The maximum atomic E-state index is 12.8. The number of nitrogens with zero attached hydrogens (tertiary/aromatic N) is 2. The number of amides is 1. The molecule has 1 aliphatic rings. The minimum atomic E-state index is -3.66. The summed E-state index contributed by atoms with van der Waals surface area (Å²) in [6.45, 7) is -0.253. The molecule has 7 nitrogen and oxygen atoms in total. The van der Waals surface area contributed by atoms with E-state index < -0.39 is 16.7 Å². The molecule has 1 aliphatic carbocycles. The molecule has 1 fully saturated rings. The summed E-state index contributed by atoms with van der Waals surface area (Å²) in [6, 6.07) is 3.64. The summed E-state index contributed by atoms with van der Waals surface area (Å²) < 4.78 is 38.7. The van der Waals surface area contributed by atoms with Crippen molar-refractivity contribution in [3.8, 4) is 0 Å². The topological polar surface area (TPSA) is 88.6 Å². The average Bonchev–Trinajstić information content (AvgIpc) is 2.78. The van der Waals surface area contributed by atoms with Gasteiger partial charge in [0.05, 0.1) is 18.9 Å². The van der Waals surface area contributed by atoms with Gasteiger partial charge in [-0.25, -0.2) is 12.8 Å². The van der Waals surface area contributed by atoms with E-state index in [1.165, 1.54) is 12.5 Å². The third-order valence-corrected chi connectivity index (χ3v) is 6.96. The van der Waals surface area contributed by atoms with Crippen LogP contribution in [0.1, 0.15) is 56.9 Å². The van der Waals surface area contributed by atoms with E-state index in [-0.39, 0.29) is 18.2 Å². The number of hydrogen-bond donors (Lipinski definition) is 1. The molecule has 0 unspecified atom stereocenters. The fourth-order valence-corrected chi connectivity index (χ4v) is 4.84. The Morgan fingerprint density at radius 1 is 1.26 bits per heavy atom. The summed E-state index contributed by atoms with van der Waals surface area (Å²) in [6.07, 6.45) is 13.7. The molecule has 0 radical (unpaired) electrons. The molecule has 0 aliphatic heterocycles. The van der Waals surface area contributed by atoms with Gasteiger partial charge in [-0.05, 0) is 49.3 Å². The van der Waals surface area contributed by atoms with Gasteiger partial charge in [-0.3, -0.25) is 14.6 Å². The Kier molecular flexibility index (Phi) is 11.7. The average molecular weight is 456 g/mol. The summed E-state index contributed by atoms with van der Waals surface area (Å²) >= 11 is 0. The van der Waals surface area contributed by atoms with Crippen molar-refractivity contribution in [1.29, 1.82) is 0 Å². The van der Waals surface area contributed by atoms with E-state index in [0.29, 0.717) is 38.3 Å². The Morgan fingerprint density at radius 3 is 2.77 bits per heavy atom. The van der Waals surface area contributed by atoms with Gasteiger partial charge in [0.1, 0.15) is 6.67 Å². The number of aromatic nitrogens is 1. The zero-order valence-electron chi connectivity index (χ0n) is 18.0. The second-order valence-corrected chi connectivity index (χ2v) is 9.78. The summed E-state index contributed by atoms with van der Waals surface area (Å²) in [7, 11) is -3.66. The highest BCUT2D eigenvalue weighted by Crippen LogP contribution is 2.24. The van der Waals surface area contributed by atoms with Crippen LogP contribution in [0.5, 0.6) is 0 Å². The molecule has 1 aromatic heterocycles. The van der Waals surface area contributed by atoms with Crippen LogP contribution in [0.3, 0.4) is 0 Å². The van der Waals surface area contributed by atoms with Crippen LogP contribution in [-0.2, 0) is 19.7 Å². The second kappa shape index (κ2) is 14.3. The Bertz CT molecular complexity index is 768. The highest BCUT2D eigenvalue weighted by molar-refractivity contribution is 7.88. The third-order valence-electron chi connectivity index (χ3n) is 5.25. The van der Waals surface area contributed by atoms with Crippen LogP contribution in [0.25, 0.3) is 6.08 Å². The van der Waals surface area contributed by atoms with E-state index in [1.54, 1.807) is 24.5 Å². The van der Waals surface area contributed by atoms with Gasteiger partial charge >= 0.3 is 0 Å². The van der Waals surface area contributed by atoms with Gasteiger partial charge in [-0.15, -0.1) is 0 Å². The number of rotatable bonds is 14. The molecular formula is C22H34FN3O4S. The minimum Gasteiger partial charge on any atom is -0.353 e. The van der Waals surface area contributed by atoms with Gasteiger partial charge in [0.15, 0.2) is 0 Å². The van der Waals surface area contributed by atoms with Crippen LogP contribution in [0.4, 0.5) is 4.39 Å². The van der Waals surface area contributed by atoms with E-state index in [4.69, 9.17) is 4.84 Å². The third kappa shape index (κ3) is 10.3. The quantitative estimate of drug-likeness (QED) is 0.264. The van der Waals surface area contributed by atoms with Gasteiger partial charge in [0.25, 0.3) is 0 Å². The van der Waals surface area contributed by atoms with Crippen molar-refractivity contribution in [2.75, 3.05) is 32.1 Å². The number of carbonyl (C=O) groups excluding carboxylic acids is 1. The van der Waals surface area contributed by atoms with Gasteiger partial charge in [0.2, 0.25) is 15.9 Å². The Morgan fingerprint density at radius 2 is 2.06 bits per heavy atom. The Balaban J connectivity index is 1.63. The van der Waals surface area contributed by atoms with Crippen LogP contribution >= 0.6 is 0 Å². The fraction of sp³-hybridized carbons (Fsp3) is 0.636. The minimum absolute atomic E-state index is 0.0908. The first-order valence-electron chi connectivity index (χ1n) is 11.1. The molecule has 1 saturated carbocycles. The largest absolute Gasteiger partial charge is 0.353 e. The van der Waals surface area contributed by atoms with Crippen molar-refractivity contribution in [2.24, 2.45) is 5.92 Å². The molecule has 0 saturated heterocycles. The number of hydroxylamine groups is 1. The molecule has 2 rings (SSSR count). The molecule has 174 valence electrons. The monoisotopic (exact) mass is 455 g/mol. The maximum Gasteiger partial charge on any atom is 0.243 e. The van der Waals surface area contributed by atoms with Crippen molar-refractivity contribution in [2.45, 2.75) is 51.4 Å². The predicted molar refractivity (Wildman–Crippen MR) is 119 cm³/mol. The van der Waals surface area contributed by atoms with Crippen molar-refractivity contribution in [1.82, 2.24) is 14.8 Å². The lowest BCUT2D eigenvalue weighted by molar-refractivity contribution is -0.116. The molecule has 1 heterocycles. The number of alkyl halides is 1. The number of halogens is 1. The molecule has 1 aromatic rings. The highest BCUT2D eigenvalue weighted by Gasteiger charge is 2.24. The standard InChI is InChI=1S/C22H34FN3O4S/c23-13-16-26(30-19-21-8-3-1-4-9-21)31(28,29)17-6-2-5-15-25-22(27)12-11-20-10-7-14-24-18-20/h7,10-12,14,18,21H,1-6,8-9,13,15-17,19H2,(H,25,27)/b12-11+. The van der Waals surface area contributed by atoms with E-state index in [9.17, 15) is 17.6 Å².